The van der Waals surface area contributed by atoms with Gasteiger partial charge in [-0.05, 0) is 13.8 Å². The van der Waals surface area contributed by atoms with Crippen molar-refractivity contribution >= 4 is 11.8 Å². The van der Waals surface area contributed by atoms with Crippen LogP contribution < -0.4 is 11.1 Å². The third-order valence-corrected chi connectivity index (χ3v) is 1.70. The van der Waals surface area contributed by atoms with E-state index in [1.165, 1.54) is 4.90 Å². The summed E-state index contributed by atoms with van der Waals surface area (Å²) in [5.74, 6) is -0.314. The highest BCUT2D eigenvalue weighted by atomic mass is 16.2. The Labute approximate surface area is 84.6 Å². The SMILES string of the molecule is CC(N)CC(=O)NC(C)C(=O)N(C)C. The molecule has 14 heavy (non-hydrogen) atoms. The van der Waals surface area contributed by atoms with Crippen LogP contribution in [0.2, 0.25) is 0 Å². The van der Waals surface area contributed by atoms with Gasteiger partial charge in [0.25, 0.3) is 0 Å². The number of carbonyl (C=O) groups excluding carboxylic acids is 2. The second kappa shape index (κ2) is 5.59. The van der Waals surface area contributed by atoms with Gasteiger partial charge in [-0.3, -0.25) is 9.59 Å². The van der Waals surface area contributed by atoms with E-state index in [9.17, 15) is 9.59 Å². The summed E-state index contributed by atoms with van der Waals surface area (Å²) in [5, 5.41) is 2.58. The van der Waals surface area contributed by atoms with Crippen molar-refractivity contribution in [2.24, 2.45) is 5.73 Å². The highest BCUT2D eigenvalue weighted by molar-refractivity contribution is 5.87. The maximum absolute atomic E-state index is 11.3. The smallest absolute Gasteiger partial charge is 0.244 e. The predicted molar refractivity (Wildman–Crippen MR) is 54.6 cm³/mol. The molecule has 0 bridgehead atoms. The van der Waals surface area contributed by atoms with Crippen molar-refractivity contribution in [2.75, 3.05) is 14.1 Å². The zero-order valence-corrected chi connectivity index (χ0v) is 9.20. The quantitative estimate of drug-likeness (QED) is 0.632. The molecule has 0 aliphatic rings. The summed E-state index contributed by atoms with van der Waals surface area (Å²) in [6, 6.07) is -0.673. The molecule has 0 saturated heterocycles. The molecule has 5 nitrogen and oxygen atoms in total. The van der Waals surface area contributed by atoms with E-state index in [0.717, 1.165) is 0 Å². The second-order valence-corrected chi connectivity index (χ2v) is 3.70. The van der Waals surface area contributed by atoms with Crippen molar-refractivity contribution < 1.29 is 9.59 Å². The molecule has 0 aliphatic carbocycles. The van der Waals surface area contributed by atoms with E-state index >= 15 is 0 Å². The van der Waals surface area contributed by atoms with Crippen molar-refractivity contribution in [3.05, 3.63) is 0 Å². The van der Waals surface area contributed by atoms with Crippen LogP contribution in [0.5, 0.6) is 0 Å². The van der Waals surface area contributed by atoms with Gasteiger partial charge in [-0.15, -0.1) is 0 Å². The van der Waals surface area contributed by atoms with E-state index < -0.39 is 6.04 Å². The molecule has 3 N–H and O–H groups in total. The van der Waals surface area contributed by atoms with Crippen molar-refractivity contribution in [1.29, 1.82) is 0 Å². The molecule has 0 spiro atoms. The fourth-order valence-corrected chi connectivity index (χ4v) is 1.04. The van der Waals surface area contributed by atoms with Crippen LogP contribution in [0.3, 0.4) is 0 Å². The summed E-state index contributed by atoms with van der Waals surface area (Å²) in [7, 11) is 3.30. The molecule has 5 heteroatoms. The Hall–Kier alpha value is -1.10. The van der Waals surface area contributed by atoms with Crippen LogP contribution in [-0.4, -0.2) is 42.9 Å². The van der Waals surface area contributed by atoms with Gasteiger partial charge in [-0.1, -0.05) is 0 Å². The summed E-state index contributed by atoms with van der Waals surface area (Å²) in [6.45, 7) is 3.40. The zero-order valence-electron chi connectivity index (χ0n) is 9.20. The number of nitrogens with zero attached hydrogens (tertiary/aromatic N) is 1. The number of hydrogen-bond donors (Lipinski definition) is 2. The number of rotatable bonds is 4. The van der Waals surface area contributed by atoms with Gasteiger partial charge in [0, 0.05) is 26.6 Å². The maximum atomic E-state index is 11.3. The first-order chi connectivity index (χ1) is 6.34. The van der Waals surface area contributed by atoms with Gasteiger partial charge < -0.3 is 16.0 Å². The molecule has 0 fully saturated rings. The Morgan fingerprint density at radius 1 is 1.36 bits per heavy atom. The minimum atomic E-state index is -0.490. The summed E-state index contributed by atoms with van der Waals surface area (Å²) >= 11 is 0. The van der Waals surface area contributed by atoms with E-state index in [2.05, 4.69) is 5.32 Å². The summed E-state index contributed by atoms with van der Waals surface area (Å²) < 4.78 is 0. The van der Waals surface area contributed by atoms with Crippen molar-refractivity contribution in [3.8, 4) is 0 Å². The lowest BCUT2D eigenvalue weighted by atomic mass is 10.2. The maximum Gasteiger partial charge on any atom is 0.244 e. The first-order valence-electron chi connectivity index (χ1n) is 4.60. The lowest BCUT2D eigenvalue weighted by Gasteiger charge is -2.18. The van der Waals surface area contributed by atoms with Gasteiger partial charge in [-0.25, -0.2) is 0 Å². The van der Waals surface area contributed by atoms with Crippen molar-refractivity contribution in [2.45, 2.75) is 32.4 Å². The Morgan fingerprint density at radius 3 is 2.21 bits per heavy atom. The second-order valence-electron chi connectivity index (χ2n) is 3.70. The Bertz CT molecular complexity index is 214. The highest BCUT2D eigenvalue weighted by Gasteiger charge is 2.17. The first kappa shape index (κ1) is 12.9. The largest absolute Gasteiger partial charge is 0.347 e. The van der Waals surface area contributed by atoms with Crippen LogP contribution in [0.4, 0.5) is 0 Å². The monoisotopic (exact) mass is 201 g/mol. The van der Waals surface area contributed by atoms with E-state index in [4.69, 9.17) is 5.73 Å². The molecule has 0 aromatic rings. The molecule has 2 amide bonds. The Balaban J connectivity index is 4.00. The topological polar surface area (TPSA) is 75.4 Å². The van der Waals surface area contributed by atoms with Crippen molar-refractivity contribution in [3.63, 3.8) is 0 Å². The normalized spacial score (nSPS) is 14.4. The fourth-order valence-electron chi connectivity index (χ4n) is 1.04. The molecule has 2 atom stereocenters. The summed E-state index contributed by atoms with van der Waals surface area (Å²) in [5.41, 5.74) is 5.45. The van der Waals surface area contributed by atoms with Gasteiger partial charge in [0.15, 0.2) is 0 Å². The average molecular weight is 201 g/mol. The minimum Gasteiger partial charge on any atom is -0.347 e. The molecule has 0 rings (SSSR count). The first-order valence-corrected chi connectivity index (χ1v) is 4.60. The van der Waals surface area contributed by atoms with Crippen LogP contribution in [0.25, 0.3) is 0 Å². The molecule has 82 valence electrons. The standard InChI is InChI=1S/C9H19N3O2/c1-6(10)5-8(13)11-7(2)9(14)12(3)4/h6-7H,5,10H2,1-4H3,(H,11,13). The van der Waals surface area contributed by atoms with E-state index in [0.29, 0.717) is 0 Å². The summed E-state index contributed by atoms with van der Waals surface area (Å²) in [4.78, 5) is 24.0. The van der Waals surface area contributed by atoms with E-state index in [1.54, 1.807) is 27.9 Å². The number of carbonyl (C=O) groups is 2. The van der Waals surface area contributed by atoms with E-state index in [1.807, 2.05) is 0 Å². The highest BCUT2D eigenvalue weighted by Crippen LogP contribution is 1.92. The third kappa shape index (κ3) is 4.81. The van der Waals surface area contributed by atoms with Crippen LogP contribution in [-0.2, 0) is 9.59 Å². The van der Waals surface area contributed by atoms with Gasteiger partial charge in [0.2, 0.25) is 11.8 Å². The summed E-state index contributed by atoms with van der Waals surface area (Å²) in [6.07, 6.45) is 0.241. The number of nitrogens with two attached hydrogens (primary N) is 1. The Morgan fingerprint density at radius 2 is 1.86 bits per heavy atom. The molecule has 0 heterocycles. The van der Waals surface area contributed by atoms with Crippen LogP contribution in [0, 0.1) is 0 Å². The average Bonchev–Trinajstić information content (AvgIpc) is 2.00. The zero-order chi connectivity index (χ0) is 11.3. The van der Waals surface area contributed by atoms with Gasteiger partial charge in [0.05, 0.1) is 0 Å². The third-order valence-electron chi connectivity index (χ3n) is 1.70. The van der Waals surface area contributed by atoms with Gasteiger partial charge >= 0.3 is 0 Å². The van der Waals surface area contributed by atoms with Crippen LogP contribution in [0.15, 0.2) is 0 Å². The minimum absolute atomic E-state index is 0.122. The van der Waals surface area contributed by atoms with Crippen LogP contribution in [0.1, 0.15) is 20.3 Å². The predicted octanol–water partition coefficient (Wildman–Crippen LogP) is -0.683. The van der Waals surface area contributed by atoms with Gasteiger partial charge in [-0.2, -0.15) is 0 Å². The molecule has 0 saturated carbocycles. The lowest BCUT2D eigenvalue weighted by Crippen LogP contribution is -2.45. The number of hydrogen-bond acceptors (Lipinski definition) is 3. The van der Waals surface area contributed by atoms with Crippen molar-refractivity contribution in [1.82, 2.24) is 10.2 Å². The molecular weight excluding hydrogens is 182 g/mol. The molecule has 0 aromatic carbocycles. The van der Waals surface area contributed by atoms with Gasteiger partial charge in [0.1, 0.15) is 6.04 Å². The number of amides is 2. The molecule has 0 radical (unpaired) electrons. The molecular formula is C9H19N3O2. The molecule has 0 aliphatic heterocycles. The lowest BCUT2D eigenvalue weighted by molar-refractivity contribution is -0.134. The van der Waals surface area contributed by atoms with Crippen LogP contribution >= 0.6 is 0 Å². The molecule has 2 unspecified atom stereocenters. The number of nitrogens with one attached hydrogen (secondary N) is 1. The molecule has 0 aromatic heterocycles. The number of likely N-dealkylation sites (N-methyl/N-ethyl adjacent to an activating group) is 1. The Kier molecular flexibility index (Phi) is 5.15. The fraction of sp³-hybridized carbons (Fsp3) is 0.778. The van der Waals surface area contributed by atoms with E-state index in [-0.39, 0.29) is 24.3 Å².